The van der Waals surface area contributed by atoms with Crippen LogP contribution in [-0.2, 0) is 10.2 Å². The zero-order valence-electron chi connectivity index (χ0n) is 12.6. The van der Waals surface area contributed by atoms with Crippen LogP contribution in [0.1, 0.15) is 45.1 Å². The summed E-state index contributed by atoms with van der Waals surface area (Å²) in [6, 6.07) is 10.5. The second-order valence-corrected chi connectivity index (χ2v) is 5.65. The second-order valence-electron chi connectivity index (χ2n) is 5.65. The van der Waals surface area contributed by atoms with Crippen LogP contribution < -0.4 is 10.6 Å². The number of hydrogen-bond donors (Lipinski definition) is 2. The van der Waals surface area contributed by atoms with Gasteiger partial charge in [0.25, 0.3) is 0 Å². The average molecular weight is 274 g/mol. The summed E-state index contributed by atoms with van der Waals surface area (Å²) in [7, 11) is 0. The summed E-state index contributed by atoms with van der Waals surface area (Å²) in [4.78, 5) is 12.9. The molecule has 0 unspecified atom stereocenters. The van der Waals surface area contributed by atoms with E-state index in [1.807, 2.05) is 18.2 Å². The van der Waals surface area contributed by atoms with Crippen molar-refractivity contribution in [2.45, 2.75) is 51.0 Å². The van der Waals surface area contributed by atoms with E-state index >= 15 is 0 Å². The Balaban J connectivity index is 2.16. The quantitative estimate of drug-likeness (QED) is 0.866. The van der Waals surface area contributed by atoms with Gasteiger partial charge >= 0.3 is 0 Å². The van der Waals surface area contributed by atoms with Crippen LogP contribution in [-0.4, -0.2) is 25.0 Å². The van der Waals surface area contributed by atoms with Gasteiger partial charge in [0.05, 0.1) is 5.41 Å². The van der Waals surface area contributed by atoms with Crippen LogP contribution in [0, 0.1) is 0 Å². The smallest absolute Gasteiger partial charge is 0.230 e. The molecule has 1 aliphatic heterocycles. The van der Waals surface area contributed by atoms with Crippen molar-refractivity contribution in [3.63, 3.8) is 0 Å². The first kappa shape index (κ1) is 15.0. The highest BCUT2D eigenvalue weighted by molar-refractivity contribution is 5.88. The van der Waals surface area contributed by atoms with Crippen molar-refractivity contribution in [1.82, 2.24) is 10.6 Å². The summed E-state index contributed by atoms with van der Waals surface area (Å²) in [5, 5.41) is 6.62. The molecule has 1 saturated heterocycles. The number of benzene rings is 1. The molecule has 1 aliphatic rings. The predicted molar refractivity (Wildman–Crippen MR) is 82.7 cm³/mol. The fraction of sp³-hybridized carbons (Fsp3) is 0.588. The topological polar surface area (TPSA) is 41.1 Å². The molecule has 0 atom stereocenters. The second kappa shape index (κ2) is 6.89. The van der Waals surface area contributed by atoms with Crippen LogP contribution in [0.2, 0.25) is 0 Å². The van der Waals surface area contributed by atoms with E-state index < -0.39 is 0 Å². The lowest BCUT2D eigenvalue weighted by molar-refractivity contribution is -0.128. The van der Waals surface area contributed by atoms with E-state index in [4.69, 9.17) is 0 Å². The van der Waals surface area contributed by atoms with Gasteiger partial charge in [-0.25, -0.2) is 0 Å². The number of carbonyl (C=O) groups is 1. The number of amides is 1. The van der Waals surface area contributed by atoms with Crippen LogP contribution in [0.3, 0.4) is 0 Å². The largest absolute Gasteiger partial charge is 0.353 e. The van der Waals surface area contributed by atoms with Crippen LogP contribution in [0.15, 0.2) is 30.3 Å². The lowest BCUT2D eigenvalue weighted by Crippen LogP contribution is -2.50. The van der Waals surface area contributed by atoms with Crippen LogP contribution in [0.4, 0.5) is 0 Å². The number of rotatable bonds is 5. The highest BCUT2D eigenvalue weighted by Crippen LogP contribution is 2.32. The molecule has 1 amide bonds. The summed E-state index contributed by atoms with van der Waals surface area (Å²) >= 11 is 0. The monoisotopic (exact) mass is 274 g/mol. The Morgan fingerprint density at radius 3 is 2.35 bits per heavy atom. The van der Waals surface area contributed by atoms with E-state index in [-0.39, 0.29) is 11.3 Å². The molecule has 2 rings (SSSR count). The van der Waals surface area contributed by atoms with Gasteiger partial charge in [0.15, 0.2) is 0 Å². The van der Waals surface area contributed by atoms with Crippen molar-refractivity contribution < 1.29 is 4.79 Å². The summed E-state index contributed by atoms with van der Waals surface area (Å²) in [5.74, 6) is 0.195. The first-order valence-corrected chi connectivity index (χ1v) is 7.80. The van der Waals surface area contributed by atoms with Gasteiger partial charge in [0.1, 0.15) is 0 Å². The Labute approximate surface area is 122 Å². The third-order valence-electron chi connectivity index (χ3n) is 4.64. The number of nitrogens with one attached hydrogen (secondary N) is 2. The molecule has 1 aromatic carbocycles. The highest BCUT2D eigenvalue weighted by atomic mass is 16.2. The Morgan fingerprint density at radius 2 is 1.80 bits per heavy atom. The third-order valence-corrected chi connectivity index (χ3v) is 4.64. The molecule has 0 spiro atoms. The van der Waals surface area contributed by atoms with Gasteiger partial charge < -0.3 is 10.6 Å². The predicted octanol–water partition coefficient (Wildman–Crippen LogP) is 2.61. The van der Waals surface area contributed by atoms with E-state index in [0.29, 0.717) is 6.04 Å². The molecule has 0 aliphatic carbocycles. The minimum absolute atomic E-state index is 0.195. The third kappa shape index (κ3) is 3.04. The first-order chi connectivity index (χ1) is 9.73. The first-order valence-electron chi connectivity index (χ1n) is 7.80. The normalized spacial score (nSPS) is 16.9. The van der Waals surface area contributed by atoms with Gasteiger partial charge in [-0.05, 0) is 44.3 Å². The summed E-state index contributed by atoms with van der Waals surface area (Å²) < 4.78 is 0. The van der Waals surface area contributed by atoms with Crippen molar-refractivity contribution >= 4 is 5.91 Å². The molecule has 1 fully saturated rings. The molecule has 0 radical (unpaired) electrons. The molecule has 20 heavy (non-hydrogen) atoms. The van der Waals surface area contributed by atoms with E-state index in [0.717, 1.165) is 44.3 Å². The van der Waals surface area contributed by atoms with E-state index in [2.05, 4.69) is 36.6 Å². The standard InChI is InChI=1S/C17H26N2O/c1-3-17(4-2,14-8-6-5-7-9-14)16(20)19-15-10-12-18-13-11-15/h5-9,15,18H,3-4,10-13H2,1-2H3,(H,19,20). The van der Waals surface area contributed by atoms with Gasteiger partial charge in [0, 0.05) is 6.04 Å². The fourth-order valence-corrected chi connectivity index (χ4v) is 3.16. The van der Waals surface area contributed by atoms with Crippen molar-refractivity contribution in [1.29, 1.82) is 0 Å². The number of hydrogen-bond acceptors (Lipinski definition) is 2. The molecule has 1 heterocycles. The van der Waals surface area contributed by atoms with Crippen molar-refractivity contribution in [2.75, 3.05) is 13.1 Å². The SMILES string of the molecule is CCC(CC)(C(=O)NC1CCNCC1)c1ccccc1. The Bertz CT molecular complexity index is 420. The molecule has 0 bridgehead atoms. The van der Waals surface area contributed by atoms with Gasteiger partial charge in [-0.3, -0.25) is 4.79 Å². The molecular formula is C17H26N2O. The highest BCUT2D eigenvalue weighted by Gasteiger charge is 2.37. The lowest BCUT2D eigenvalue weighted by Gasteiger charge is -2.34. The Kier molecular flexibility index (Phi) is 5.18. The Morgan fingerprint density at radius 1 is 1.20 bits per heavy atom. The van der Waals surface area contributed by atoms with E-state index in [9.17, 15) is 4.79 Å². The van der Waals surface area contributed by atoms with Crippen molar-refractivity contribution in [3.8, 4) is 0 Å². The molecular weight excluding hydrogens is 248 g/mol. The van der Waals surface area contributed by atoms with Gasteiger partial charge in [-0.2, -0.15) is 0 Å². The minimum atomic E-state index is -0.383. The molecule has 1 aromatic rings. The zero-order valence-corrected chi connectivity index (χ0v) is 12.6. The van der Waals surface area contributed by atoms with Gasteiger partial charge in [0.2, 0.25) is 5.91 Å². The van der Waals surface area contributed by atoms with Crippen molar-refractivity contribution in [3.05, 3.63) is 35.9 Å². The van der Waals surface area contributed by atoms with E-state index in [1.54, 1.807) is 0 Å². The van der Waals surface area contributed by atoms with Crippen LogP contribution >= 0.6 is 0 Å². The van der Waals surface area contributed by atoms with Gasteiger partial charge in [-0.1, -0.05) is 44.2 Å². The fourth-order valence-electron chi connectivity index (χ4n) is 3.16. The molecule has 110 valence electrons. The molecule has 2 N–H and O–H groups in total. The number of carbonyl (C=O) groups excluding carboxylic acids is 1. The maximum Gasteiger partial charge on any atom is 0.230 e. The maximum absolute atomic E-state index is 12.9. The van der Waals surface area contributed by atoms with Crippen molar-refractivity contribution in [2.24, 2.45) is 0 Å². The van der Waals surface area contributed by atoms with E-state index in [1.165, 1.54) is 0 Å². The summed E-state index contributed by atoms with van der Waals surface area (Å²) in [6.45, 7) is 6.22. The summed E-state index contributed by atoms with van der Waals surface area (Å²) in [5.41, 5.74) is 0.753. The molecule has 3 heteroatoms. The number of piperidine rings is 1. The maximum atomic E-state index is 12.9. The summed E-state index contributed by atoms with van der Waals surface area (Å²) in [6.07, 6.45) is 3.74. The lowest BCUT2D eigenvalue weighted by atomic mass is 9.74. The average Bonchev–Trinajstić information content (AvgIpc) is 2.51. The van der Waals surface area contributed by atoms with Crippen LogP contribution in [0.25, 0.3) is 0 Å². The zero-order chi connectivity index (χ0) is 14.4. The van der Waals surface area contributed by atoms with Gasteiger partial charge in [-0.15, -0.1) is 0 Å². The van der Waals surface area contributed by atoms with Crippen LogP contribution in [0.5, 0.6) is 0 Å². The molecule has 0 aromatic heterocycles. The minimum Gasteiger partial charge on any atom is -0.353 e. The molecule has 0 saturated carbocycles. The Hall–Kier alpha value is -1.35. The molecule has 3 nitrogen and oxygen atoms in total.